The largest absolute Gasteiger partial charge is 0.339 e. The van der Waals surface area contributed by atoms with Crippen molar-refractivity contribution in [1.29, 1.82) is 0 Å². The first-order valence-corrected chi connectivity index (χ1v) is 10.8. The molecule has 2 amide bonds. The van der Waals surface area contributed by atoms with Crippen LogP contribution in [0.2, 0.25) is 0 Å². The quantitative estimate of drug-likeness (QED) is 0.800. The molecule has 1 unspecified atom stereocenters. The minimum absolute atomic E-state index is 0.0905. The van der Waals surface area contributed by atoms with Crippen molar-refractivity contribution in [3.05, 3.63) is 57.3 Å². The molecule has 3 heterocycles. The van der Waals surface area contributed by atoms with Gasteiger partial charge >= 0.3 is 0 Å². The van der Waals surface area contributed by atoms with Crippen molar-refractivity contribution in [2.75, 3.05) is 39.3 Å². The summed E-state index contributed by atoms with van der Waals surface area (Å²) in [6, 6.07) is 10.9. The van der Waals surface area contributed by atoms with Crippen LogP contribution in [0.4, 0.5) is 0 Å². The predicted molar refractivity (Wildman–Crippen MR) is 111 cm³/mol. The summed E-state index contributed by atoms with van der Waals surface area (Å²) in [4.78, 5) is 32.1. The molecule has 5 nitrogen and oxygen atoms in total. The molecule has 1 saturated heterocycles. The van der Waals surface area contributed by atoms with E-state index >= 15 is 0 Å². The number of hydrogen-bond acceptors (Lipinski definition) is 4. The molecule has 0 bridgehead atoms. The van der Waals surface area contributed by atoms with E-state index in [1.54, 1.807) is 6.92 Å². The molecule has 0 radical (unpaired) electrons. The molecule has 1 atom stereocenters. The van der Waals surface area contributed by atoms with Crippen LogP contribution in [0.15, 0.2) is 35.7 Å². The number of rotatable bonds is 3. The topological polar surface area (TPSA) is 43.9 Å². The maximum absolute atomic E-state index is 13.0. The number of aryl methyl sites for hydroxylation is 1. The lowest BCUT2D eigenvalue weighted by molar-refractivity contribution is -0.139. The number of piperazine rings is 1. The average molecular weight is 398 g/mol. The van der Waals surface area contributed by atoms with Crippen LogP contribution in [0.3, 0.4) is 0 Å². The van der Waals surface area contributed by atoms with Gasteiger partial charge in [-0.15, -0.1) is 11.3 Å². The lowest BCUT2D eigenvalue weighted by Gasteiger charge is -2.39. The van der Waals surface area contributed by atoms with Gasteiger partial charge in [0.2, 0.25) is 11.8 Å². The van der Waals surface area contributed by atoms with Crippen LogP contribution in [0.25, 0.3) is 0 Å². The second kappa shape index (κ2) is 8.05. The summed E-state index contributed by atoms with van der Waals surface area (Å²) < 4.78 is 0. The Labute approximate surface area is 170 Å². The number of carbonyl (C=O) groups excluding carboxylic acids is 2. The average Bonchev–Trinajstić information content (AvgIpc) is 3.17. The minimum Gasteiger partial charge on any atom is -0.339 e. The lowest BCUT2D eigenvalue weighted by Crippen LogP contribution is -2.53. The third-order valence-electron chi connectivity index (χ3n) is 5.96. The molecule has 1 fully saturated rings. The SMILES string of the molecule is CC(=O)N1CCN(C(=O)CN2CCc3sccc3C2c2ccccc2C)CC1. The van der Waals surface area contributed by atoms with Crippen LogP contribution < -0.4 is 0 Å². The number of thiophene rings is 1. The molecule has 1 aromatic heterocycles. The predicted octanol–water partition coefficient (Wildman–Crippen LogP) is 2.69. The number of carbonyl (C=O) groups is 2. The molecule has 1 aromatic carbocycles. The summed E-state index contributed by atoms with van der Waals surface area (Å²) in [5.74, 6) is 0.258. The molecular weight excluding hydrogens is 370 g/mol. The second-order valence-corrected chi connectivity index (χ2v) is 8.67. The van der Waals surface area contributed by atoms with Crippen LogP contribution in [0.1, 0.15) is 34.5 Å². The Hall–Kier alpha value is -2.18. The molecule has 0 N–H and O–H groups in total. The molecule has 2 aliphatic heterocycles. The highest BCUT2D eigenvalue weighted by Gasteiger charge is 2.33. The Morgan fingerprint density at radius 1 is 1.00 bits per heavy atom. The summed E-state index contributed by atoms with van der Waals surface area (Å²) in [7, 11) is 0. The number of amides is 2. The Morgan fingerprint density at radius 3 is 2.43 bits per heavy atom. The van der Waals surface area contributed by atoms with Gasteiger partial charge in [-0.2, -0.15) is 0 Å². The summed E-state index contributed by atoms with van der Waals surface area (Å²) in [5, 5.41) is 2.17. The molecular formula is C22H27N3O2S. The highest BCUT2D eigenvalue weighted by molar-refractivity contribution is 7.10. The van der Waals surface area contributed by atoms with Crippen molar-refractivity contribution in [3.63, 3.8) is 0 Å². The van der Waals surface area contributed by atoms with Crippen LogP contribution in [-0.4, -0.2) is 65.8 Å². The molecule has 0 saturated carbocycles. The Bertz CT molecular complexity index is 870. The number of fused-ring (bicyclic) bond motifs is 1. The van der Waals surface area contributed by atoms with Gasteiger partial charge in [-0.05, 0) is 41.5 Å². The van der Waals surface area contributed by atoms with E-state index in [1.165, 1.54) is 21.6 Å². The van der Waals surface area contributed by atoms with Crippen LogP contribution in [-0.2, 0) is 16.0 Å². The van der Waals surface area contributed by atoms with Gasteiger partial charge in [0.15, 0.2) is 0 Å². The Kier molecular flexibility index (Phi) is 5.51. The number of benzene rings is 1. The third kappa shape index (κ3) is 3.71. The zero-order valence-electron chi connectivity index (χ0n) is 16.6. The van der Waals surface area contributed by atoms with E-state index in [2.05, 4.69) is 47.5 Å². The minimum atomic E-state index is 0.0905. The van der Waals surface area contributed by atoms with E-state index in [9.17, 15) is 9.59 Å². The first-order valence-electron chi connectivity index (χ1n) is 9.93. The van der Waals surface area contributed by atoms with Gasteiger partial charge in [0, 0.05) is 44.5 Å². The second-order valence-electron chi connectivity index (χ2n) is 7.67. The van der Waals surface area contributed by atoms with Gasteiger partial charge in [-0.3, -0.25) is 14.5 Å². The van der Waals surface area contributed by atoms with Crippen molar-refractivity contribution in [2.24, 2.45) is 0 Å². The van der Waals surface area contributed by atoms with Gasteiger partial charge < -0.3 is 9.80 Å². The zero-order valence-corrected chi connectivity index (χ0v) is 17.4. The van der Waals surface area contributed by atoms with E-state index in [0.29, 0.717) is 32.7 Å². The fraction of sp³-hybridized carbons (Fsp3) is 0.455. The summed E-state index contributed by atoms with van der Waals surface area (Å²) in [6.45, 7) is 7.59. The van der Waals surface area contributed by atoms with Crippen LogP contribution >= 0.6 is 11.3 Å². The molecule has 2 aromatic rings. The lowest BCUT2D eigenvalue weighted by atomic mass is 9.90. The molecule has 148 valence electrons. The smallest absolute Gasteiger partial charge is 0.236 e. The maximum Gasteiger partial charge on any atom is 0.236 e. The Balaban J connectivity index is 1.53. The third-order valence-corrected chi connectivity index (χ3v) is 6.96. The molecule has 2 aliphatic rings. The van der Waals surface area contributed by atoms with Gasteiger partial charge in [0.05, 0.1) is 12.6 Å². The fourth-order valence-electron chi connectivity index (χ4n) is 4.34. The molecule has 0 aliphatic carbocycles. The summed E-state index contributed by atoms with van der Waals surface area (Å²) >= 11 is 1.82. The van der Waals surface area contributed by atoms with Gasteiger partial charge in [-0.25, -0.2) is 0 Å². The van der Waals surface area contributed by atoms with E-state index in [4.69, 9.17) is 0 Å². The monoisotopic (exact) mass is 397 g/mol. The fourth-order valence-corrected chi connectivity index (χ4v) is 5.24. The zero-order chi connectivity index (χ0) is 19.7. The maximum atomic E-state index is 13.0. The highest BCUT2D eigenvalue weighted by Crippen LogP contribution is 2.38. The highest BCUT2D eigenvalue weighted by atomic mass is 32.1. The van der Waals surface area contributed by atoms with Crippen molar-refractivity contribution in [2.45, 2.75) is 26.3 Å². The summed E-state index contributed by atoms with van der Waals surface area (Å²) in [5.41, 5.74) is 3.90. The molecule has 6 heteroatoms. The Morgan fingerprint density at radius 2 is 1.71 bits per heavy atom. The molecule has 28 heavy (non-hydrogen) atoms. The van der Waals surface area contributed by atoms with Gasteiger partial charge in [0.1, 0.15) is 0 Å². The van der Waals surface area contributed by atoms with E-state index < -0.39 is 0 Å². The summed E-state index contributed by atoms with van der Waals surface area (Å²) in [6.07, 6.45) is 1.00. The van der Waals surface area contributed by atoms with E-state index in [-0.39, 0.29) is 17.9 Å². The normalized spacial score (nSPS) is 20.1. The van der Waals surface area contributed by atoms with Crippen molar-refractivity contribution >= 4 is 23.2 Å². The van der Waals surface area contributed by atoms with Crippen LogP contribution in [0.5, 0.6) is 0 Å². The number of hydrogen-bond donors (Lipinski definition) is 0. The number of nitrogens with zero attached hydrogens (tertiary/aromatic N) is 3. The van der Waals surface area contributed by atoms with Gasteiger partial charge in [0.25, 0.3) is 0 Å². The first kappa shape index (κ1) is 19.2. The molecule has 0 spiro atoms. The van der Waals surface area contributed by atoms with Crippen molar-refractivity contribution < 1.29 is 9.59 Å². The van der Waals surface area contributed by atoms with Crippen molar-refractivity contribution in [1.82, 2.24) is 14.7 Å². The van der Waals surface area contributed by atoms with Crippen molar-refractivity contribution in [3.8, 4) is 0 Å². The first-order chi connectivity index (χ1) is 13.5. The standard InChI is InChI=1S/C22H27N3O2S/c1-16-5-3-4-6-18(16)22-19-8-14-28-20(19)7-9-25(22)15-21(27)24-12-10-23(11-13-24)17(2)26/h3-6,8,14,22H,7,9-13,15H2,1-2H3. The van der Waals surface area contributed by atoms with E-state index in [1.807, 2.05) is 21.1 Å². The van der Waals surface area contributed by atoms with Crippen LogP contribution in [0, 0.1) is 6.92 Å². The van der Waals surface area contributed by atoms with Gasteiger partial charge in [-0.1, -0.05) is 24.3 Å². The molecule has 4 rings (SSSR count). The van der Waals surface area contributed by atoms with E-state index in [0.717, 1.165) is 13.0 Å².